The van der Waals surface area contributed by atoms with Crippen molar-refractivity contribution in [1.29, 1.82) is 0 Å². The molecule has 2 N–H and O–H groups in total. The number of halogens is 3. The van der Waals surface area contributed by atoms with Crippen molar-refractivity contribution in [2.45, 2.75) is 57.0 Å². The highest BCUT2D eigenvalue weighted by Gasteiger charge is 2.39. The smallest absolute Gasteiger partial charge is 0.416 e. The van der Waals surface area contributed by atoms with Crippen LogP contribution in [0.25, 0.3) is 0 Å². The largest absolute Gasteiger partial charge is 0.497 e. The molecule has 2 unspecified atom stereocenters. The Morgan fingerprint density at radius 1 is 1.35 bits per heavy atom. The second-order valence-corrected chi connectivity index (χ2v) is 7.06. The quantitative estimate of drug-likeness (QED) is 0.836. The van der Waals surface area contributed by atoms with E-state index in [9.17, 15) is 18.0 Å². The molecule has 2 fully saturated rings. The fourth-order valence-corrected chi connectivity index (χ4v) is 3.59. The normalized spacial score (nSPS) is 23.7. The van der Waals surface area contributed by atoms with Gasteiger partial charge in [-0.1, -0.05) is 6.07 Å². The van der Waals surface area contributed by atoms with Crippen LogP contribution >= 0.6 is 0 Å². The molecule has 0 radical (unpaired) electrons. The highest BCUT2D eigenvalue weighted by Crippen LogP contribution is 2.35. The molecule has 1 aliphatic carbocycles. The van der Waals surface area contributed by atoms with Gasteiger partial charge in [-0.25, -0.2) is 4.79 Å². The summed E-state index contributed by atoms with van der Waals surface area (Å²) in [7, 11) is 1.31. The molecule has 2 atom stereocenters. The zero-order valence-corrected chi connectivity index (χ0v) is 14.9. The lowest BCUT2D eigenvalue weighted by Gasteiger charge is -2.20. The number of carbonyl (C=O) groups excluding carboxylic acids is 1. The Kier molecular flexibility index (Phi) is 5.32. The summed E-state index contributed by atoms with van der Waals surface area (Å²) in [6.07, 6.45) is -1.23. The van der Waals surface area contributed by atoms with Gasteiger partial charge in [0.2, 0.25) is 0 Å². The molecule has 0 aromatic heterocycles. The Morgan fingerprint density at radius 3 is 2.69 bits per heavy atom. The maximum atomic E-state index is 13.2. The molecule has 5 nitrogen and oxygen atoms in total. The zero-order valence-electron chi connectivity index (χ0n) is 14.9. The van der Waals surface area contributed by atoms with Gasteiger partial charge < -0.3 is 15.4 Å². The predicted molar refractivity (Wildman–Crippen MR) is 91.0 cm³/mol. The average Bonchev–Trinajstić information content (AvgIpc) is 3.35. The third-order valence-electron chi connectivity index (χ3n) is 5.04. The summed E-state index contributed by atoms with van der Waals surface area (Å²) in [4.78, 5) is 14.5. The second-order valence-electron chi connectivity index (χ2n) is 7.06. The molecule has 1 saturated carbocycles. The zero-order chi connectivity index (χ0) is 18.9. The Morgan fingerprint density at radius 2 is 2.08 bits per heavy atom. The lowest BCUT2D eigenvalue weighted by Crippen LogP contribution is -2.43. The van der Waals surface area contributed by atoms with Crippen molar-refractivity contribution in [3.63, 3.8) is 0 Å². The Labute approximate surface area is 150 Å². The summed E-state index contributed by atoms with van der Waals surface area (Å²) in [5.41, 5.74) is -0.792. The Bertz CT molecular complexity index is 662. The highest BCUT2D eigenvalue weighted by atomic mass is 19.4. The van der Waals surface area contributed by atoms with E-state index in [1.165, 1.54) is 32.1 Å². The summed E-state index contributed by atoms with van der Waals surface area (Å²) in [5.74, 6) is 0.130. The van der Waals surface area contributed by atoms with Gasteiger partial charge in [-0.2, -0.15) is 13.2 Å². The van der Waals surface area contributed by atoms with Crippen LogP contribution in [-0.2, 0) is 12.7 Å². The number of alkyl halides is 3. The number of nitrogens with zero attached hydrogens (tertiary/aromatic N) is 1. The summed E-state index contributed by atoms with van der Waals surface area (Å²) >= 11 is 0. The van der Waals surface area contributed by atoms with E-state index in [-0.39, 0.29) is 23.9 Å². The number of methoxy groups -OCH3 is 1. The third-order valence-corrected chi connectivity index (χ3v) is 5.04. The molecule has 0 bridgehead atoms. The first-order valence-electron chi connectivity index (χ1n) is 8.82. The van der Waals surface area contributed by atoms with Gasteiger partial charge in [0.05, 0.1) is 12.7 Å². The van der Waals surface area contributed by atoms with Gasteiger partial charge in [0.1, 0.15) is 5.75 Å². The van der Waals surface area contributed by atoms with Crippen molar-refractivity contribution in [3.8, 4) is 5.75 Å². The molecule has 3 rings (SSSR count). The van der Waals surface area contributed by atoms with Crippen molar-refractivity contribution in [2.24, 2.45) is 0 Å². The maximum absolute atomic E-state index is 13.2. The number of amides is 2. The van der Waals surface area contributed by atoms with Crippen LogP contribution in [-0.4, -0.2) is 42.7 Å². The van der Waals surface area contributed by atoms with Gasteiger partial charge >= 0.3 is 12.2 Å². The van der Waals surface area contributed by atoms with Gasteiger partial charge in [-0.15, -0.1) is 0 Å². The number of nitrogens with one attached hydrogen (secondary N) is 2. The number of ether oxygens (including phenoxy) is 1. The van der Waals surface area contributed by atoms with Crippen molar-refractivity contribution >= 4 is 6.03 Å². The van der Waals surface area contributed by atoms with Crippen molar-refractivity contribution in [3.05, 3.63) is 29.3 Å². The predicted octanol–water partition coefficient (Wildman–Crippen LogP) is 3.14. The maximum Gasteiger partial charge on any atom is 0.416 e. The van der Waals surface area contributed by atoms with Gasteiger partial charge in [0.15, 0.2) is 0 Å². The second kappa shape index (κ2) is 7.34. The van der Waals surface area contributed by atoms with Crippen molar-refractivity contribution < 1.29 is 22.7 Å². The molecule has 1 aromatic carbocycles. The SMILES string of the molecule is COc1ccc(CNC(=O)NC2CC(C)N(C3CC3)C2)c(C(F)(F)F)c1. The van der Waals surface area contributed by atoms with E-state index < -0.39 is 17.8 Å². The first-order valence-corrected chi connectivity index (χ1v) is 8.82. The van der Waals surface area contributed by atoms with Crippen LogP contribution in [0.1, 0.15) is 37.3 Å². The van der Waals surface area contributed by atoms with E-state index in [1.807, 2.05) is 0 Å². The number of hydrogen-bond acceptors (Lipinski definition) is 3. The van der Waals surface area contributed by atoms with E-state index in [1.54, 1.807) is 0 Å². The number of benzene rings is 1. The summed E-state index contributed by atoms with van der Waals surface area (Å²) in [6.45, 7) is 2.75. The molecule has 8 heteroatoms. The first-order chi connectivity index (χ1) is 12.3. The molecule has 2 aliphatic rings. The molecule has 1 saturated heterocycles. The summed E-state index contributed by atoms with van der Waals surface area (Å²) in [5, 5.41) is 5.42. The standard InChI is InChI=1S/C18H24F3N3O2/c1-11-7-13(10-24(11)14-4-5-14)23-17(25)22-9-12-3-6-15(26-2)8-16(12)18(19,20)21/h3,6,8,11,13-14H,4-5,7,9-10H2,1-2H3,(H2,22,23,25). The topological polar surface area (TPSA) is 53.6 Å². The van der Waals surface area contributed by atoms with Gasteiger partial charge in [-0.3, -0.25) is 4.90 Å². The number of hydrogen-bond donors (Lipinski definition) is 2. The molecular formula is C18H24F3N3O2. The number of likely N-dealkylation sites (tertiary alicyclic amines) is 1. The van der Waals surface area contributed by atoms with Crippen molar-refractivity contribution in [1.82, 2.24) is 15.5 Å². The molecule has 1 aromatic rings. The highest BCUT2D eigenvalue weighted by molar-refractivity contribution is 5.74. The summed E-state index contributed by atoms with van der Waals surface area (Å²) in [6, 6.07) is 4.37. The summed E-state index contributed by atoms with van der Waals surface area (Å²) < 4.78 is 44.4. The minimum absolute atomic E-state index is 0.00727. The molecular weight excluding hydrogens is 347 g/mol. The van der Waals surface area contributed by atoms with Crippen LogP contribution in [0, 0.1) is 0 Å². The van der Waals surface area contributed by atoms with E-state index in [2.05, 4.69) is 22.5 Å². The minimum Gasteiger partial charge on any atom is -0.497 e. The average molecular weight is 371 g/mol. The molecule has 2 amide bonds. The molecule has 1 aliphatic heterocycles. The number of urea groups is 1. The van der Waals surface area contributed by atoms with Crippen LogP contribution in [0.15, 0.2) is 18.2 Å². The molecule has 0 spiro atoms. The van der Waals surface area contributed by atoms with Crippen LogP contribution in [0.4, 0.5) is 18.0 Å². The van der Waals surface area contributed by atoms with E-state index in [0.29, 0.717) is 12.1 Å². The molecule has 26 heavy (non-hydrogen) atoms. The lowest BCUT2D eigenvalue weighted by molar-refractivity contribution is -0.138. The van der Waals surface area contributed by atoms with E-state index in [4.69, 9.17) is 4.74 Å². The van der Waals surface area contributed by atoms with Gasteiger partial charge in [-0.05, 0) is 43.9 Å². The number of rotatable bonds is 5. The fourth-order valence-electron chi connectivity index (χ4n) is 3.59. The third kappa shape index (κ3) is 4.41. The number of carbonyl (C=O) groups is 1. The molecule has 144 valence electrons. The van der Waals surface area contributed by atoms with Crippen molar-refractivity contribution in [2.75, 3.05) is 13.7 Å². The van der Waals surface area contributed by atoms with Crippen LogP contribution in [0.5, 0.6) is 5.75 Å². The lowest BCUT2D eigenvalue weighted by atomic mass is 10.1. The van der Waals surface area contributed by atoms with Gasteiger partial charge in [0.25, 0.3) is 0 Å². The first kappa shape index (κ1) is 18.8. The fraction of sp³-hybridized carbons (Fsp3) is 0.611. The Hall–Kier alpha value is -1.96. The minimum atomic E-state index is -4.51. The Balaban J connectivity index is 1.56. The van der Waals surface area contributed by atoms with E-state index >= 15 is 0 Å². The molecule has 1 heterocycles. The monoisotopic (exact) mass is 371 g/mol. The van der Waals surface area contributed by atoms with Crippen LogP contribution in [0.3, 0.4) is 0 Å². The van der Waals surface area contributed by atoms with Gasteiger partial charge in [0, 0.05) is 31.2 Å². The van der Waals surface area contributed by atoms with Crippen LogP contribution < -0.4 is 15.4 Å². The van der Waals surface area contributed by atoms with E-state index in [0.717, 1.165) is 19.0 Å². The van der Waals surface area contributed by atoms with Crippen LogP contribution in [0.2, 0.25) is 0 Å².